The zero-order valence-electron chi connectivity index (χ0n) is 15.3. The van der Waals surface area contributed by atoms with Gasteiger partial charge in [0, 0.05) is 15.7 Å². The Hall–Kier alpha value is -2.39. The Balaban J connectivity index is 1.37. The smallest absolute Gasteiger partial charge is 0.247 e. The van der Waals surface area contributed by atoms with Crippen LogP contribution in [0.1, 0.15) is 6.42 Å². The molecule has 1 atom stereocenters. The highest BCUT2D eigenvalue weighted by Crippen LogP contribution is 2.30. The van der Waals surface area contributed by atoms with E-state index in [1.54, 1.807) is 12.1 Å². The summed E-state index contributed by atoms with van der Waals surface area (Å²) in [5.41, 5.74) is 1.28. The first-order valence-electron chi connectivity index (χ1n) is 9.04. The molecule has 0 unspecified atom stereocenters. The highest BCUT2D eigenvalue weighted by atomic mass is 127. The summed E-state index contributed by atoms with van der Waals surface area (Å²) in [6.07, 6.45) is 0.110. The van der Waals surface area contributed by atoms with Crippen LogP contribution in [0.4, 0.5) is 11.4 Å². The van der Waals surface area contributed by atoms with Gasteiger partial charge in [0.15, 0.2) is 0 Å². The first-order chi connectivity index (χ1) is 14.0. The molecule has 1 fully saturated rings. The van der Waals surface area contributed by atoms with Gasteiger partial charge in [0.25, 0.3) is 0 Å². The molecule has 0 spiro atoms. The summed E-state index contributed by atoms with van der Waals surface area (Å²) in [6.45, 7) is 0. The number of imide groups is 1. The number of carbonyl (C=O) groups excluding carboxylic acids is 3. The molecule has 4 rings (SSSR count). The number of carbonyl (C=O) groups is 3. The van der Waals surface area contributed by atoms with Crippen molar-refractivity contribution in [2.45, 2.75) is 11.7 Å². The maximum absolute atomic E-state index is 12.7. The molecule has 3 amide bonds. The molecule has 1 saturated heterocycles. The van der Waals surface area contributed by atoms with E-state index in [1.807, 2.05) is 54.6 Å². The Morgan fingerprint density at radius 2 is 1.76 bits per heavy atom. The molecule has 1 aliphatic rings. The van der Waals surface area contributed by atoms with E-state index < -0.39 is 5.25 Å². The van der Waals surface area contributed by atoms with Crippen molar-refractivity contribution >= 4 is 74.2 Å². The fourth-order valence-corrected chi connectivity index (χ4v) is 4.53. The number of anilines is 2. The Bertz CT molecular complexity index is 1100. The summed E-state index contributed by atoms with van der Waals surface area (Å²) in [6, 6.07) is 20.9. The molecule has 1 N–H and O–H groups in total. The summed E-state index contributed by atoms with van der Waals surface area (Å²) >= 11 is 3.37. The number of halogens is 1. The van der Waals surface area contributed by atoms with E-state index in [4.69, 9.17) is 0 Å². The molecule has 29 heavy (non-hydrogen) atoms. The van der Waals surface area contributed by atoms with E-state index in [9.17, 15) is 14.4 Å². The third-order valence-corrected chi connectivity index (χ3v) is 6.56. The second-order valence-corrected chi connectivity index (χ2v) is 9.09. The number of hydrogen-bond donors (Lipinski definition) is 1. The maximum atomic E-state index is 12.7. The SMILES string of the molecule is O=C(CS[C@@H]1CC(=O)N(c2ccc(I)cc2)C1=O)Nc1ccc2ccccc2c1. The van der Waals surface area contributed by atoms with Crippen LogP contribution in [-0.2, 0) is 14.4 Å². The van der Waals surface area contributed by atoms with Gasteiger partial charge in [-0.1, -0.05) is 30.3 Å². The number of hydrogen-bond acceptors (Lipinski definition) is 4. The molecular formula is C22H17IN2O3S. The van der Waals surface area contributed by atoms with Gasteiger partial charge >= 0.3 is 0 Å². The molecule has 0 aliphatic carbocycles. The highest BCUT2D eigenvalue weighted by molar-refractivity contribution is 14.1. The van der Waals surface area contributed by atoms with Crippen LogP contribution in [0.2, 0.25) is 0 Å². The van der Waals surface area contributed by atoms with Crippen LogP contribution in [0.15, 0.2) is 66.7 Å². The number of benzene rings is 3. The fraction of sp³-hybridized carbons (Fsp3) is 0.136. The van der Waals surface area contributed by atoms with Gasteiger partial charge in [0.2, 0.25) is 17.7 Å². The van der Waals surface area contributed by atoms with Gasteiger partial charge in [-0.15, -0.1) is 11.8 Å². The summed E-state index contributed by atoms with van der Waals surface area (Å²) < 4.78 is 1.03. The van der Waals surface area contributed by atoms with Gasteiger partial charge < -0.3 is 5.32 Å². The van der Waals surface area contributed by atoms with Crippen LogP contribution in [0.5, 0.6) is 0 Å². The zero-order chi connectivity index (χ0) is 20.4. The van der Waals surface area contributed by atoms with Crippen molar-refractivity contribution in [3.05, 3.63) is 70.3 Å². The second kappa shape index (κ2) is 8.54. The Morgan fingerprint density at radius 1 is 1.03 bits per heavy atom. The Morgan fingerprint density at radius 3 is 2.52 bits per heavy atom. The molecule has 0 bridgehead atoms. The van der Waals surface area contributed by atoms with Crippen LogP contribution in [0.25, 0.3) is 10.8 Å². The molecule has 5 nitrogen and oxygen atoms in total. The van der Waals surface area contributed by atoms with Crippen molar-refractivity contribution in [1.82, 2.24) is 0 Å². The number of thioether (sulfide) groups is 1. The van der Waals surface area contributed by atoms with Crippen LogP contribution in [0.3, 0.4) is 0 Å². The van der Waals surface area contributed by atoms with E-state index in [0.717, 1.165) is 14.3 Å². The predicted molar refractivity (Wildman–Crippen MR) is 125 cm³/mol. The minimum absolute atomic E-state index is 0.108. The Labute approximate surface area is 186 Å². The lowest BCUT2D eigenvalue weighted by molar-refractivity contribution is -0.121. The van der Waals surface area contributed by atoms with E-state index in [1.165, 1.54) is 16.7 Å². The minimum Gasteiger partial charge on any atom is -0.325 e. The van der Waals surface area contributed by atoms with E-state index in [-0.39, 0.29) is 29.9 Å². The van der Waals surface area contributed by atoms with Gasteiger partial charge in [-0.05, 0) is 69.8 Å². The van der Waals surface area contributed by atoms with Crippen molar-refractivity contribution in [3.63, 3.8) is 0 Å². The third kappa shape index (κ3) is 4.45. The number of fused-ring (bicyclic) bond motifs is 1. The predicted octanol–water partition coefficient (Wildman–Crippen LogP) is 4.45. The molecule has 1 heterocycles. The summed E-state index contributed by atoms with van der Waals surface area (Å²) in [5, 5.41) is 4.47. The maximum Gasteiger partial charge on any atom is 0.247 e. The van der Waals surface area contributed by atoms with Crippen LogP contribution < -0.4 is 10.2 Å². The van der Waals surface area contributed by atoms with Crippen LogP contribution in [0, 0.1) is 3.57 Å². The monoisotopic (exact) mass is 516 g/mol. The molecular weight excluding hydrogens is 499 g/mol. The van der Waals surface area contributed by atoms with Gasteiger partial charge in [-0.25, -0.2) is 4.90 Å². The van der Waals surface area contributed by atoms with E-state index >= 15 is 0 Å². The average Bonchev–Trinajstić information content (AvgIpc) is 3.00. The summed E-state index contributed by atoms with van der Waals surface area (Å²) in [4.78, 5) is 38.6. The standard InChI is InChI=1S/C22H17IN2O3S/c23-16-6-9-18(10-7-16)25-21(27)12-19(22(25)28)29-13-20(26)24-17-8-5-14-3-1-2-4-15(14)11-17/h1-11,19H,12-13H2,(H,24,26)/t19-/m1/s1. The van der Waals surface area contributed by atoms with Crippen molar-refractivity contribution in [2.24, 2.45) is 0 Å². The minimum atomic E-state index is -0.538. The second-order valence-electron chi connectivity index (χ2n) is 6.66. The van der Waals surface area contributed by atoms with Gasteiger partial charge in [0.05, 0.1) is 16.7 Å². The fourth-order valence-electron chi connectivity index (χ4n) is 3.24. The number of amides is 3. The number of nitrogens with one attached hydrogen (secondary N) is 1. The Kier molecular flexibility index (Phi) is 5.86. The molecule has 146 valence electrons. The van der Waals surface area contributed by atoms with Crippen molar-refractivity contribution in [2.75, 3.05) is 16.0 Å². The lowest BCUT2D eigenvalue weighted by atomic mass is 10.1. The zero-order valence-corrected chi connectivity index (χ0v) is 18.3. The average molecular weight is 516 g/mol. The number of nitrogens with zero attached hydrogens (tertiary/aromatic N) is 1. The molecule has 1 aliphatic heterocycles. The van der Waals surface area contributed by atoms with E-state index in [2.05, 4.69) is 27.9 Å². The lowest BCUT2D eigenvalue weighted by Crippen LogP contribution is -2.31. The summed E-state index contributed by atoms with van der Waals surface area (Å²) in [5.74, 6) is -0.585. The first kappa shape index (κ1) is 19.9. The quantitative estimate of drug-likeness (QED) is 0.402. The van der Waals surface area contributed by atoms with E-state index in [0.29, 0.717) is 11.4 Å². The topological polar surface area (TPSA) is 66.5 Å². The highest BCUT2D eigenvalue weighted by Gasteiger charge is 2.40. The van der Waals surface area contributed by atoms with Crippen molar-refractivity contribution in [1.29, 1.82) is 0 Å². The van der Waals surface area contributed by atoms with Crippen molar-refractivity contribution in [3.8, 4) is 0 Å². The largest absolute Gasteiger partial charge is 0.325 e. The molecule has 0 radical (unpaired) electrons. The van der Waals surface area contributed by atoms with Gasteiger partial charge in [-0.2, -0.15) is 0 Å². The molecule has 0 aromatic heterocycles. The summed E-state index contributed by atoms with van der Waals surface area (Å²) in [7, 11) is 0. The van der Waals surface area contributed by atoms with Crippen LogP contribution >= 0.6 is 34.4 Å². The van der Waals surface area contributed by atoms with Gasteiger partial charge in [0.1, 0.15) is 0 Å². The lowest BCUT2D eigenvalue weighted by Gasteiger charge is -2.15. The molecule has 0 saturated carbocycles. The van der Waals surface area contributed by atoms with Crippen LogP contribution in [-0.4, -0.2) is 28.7 Å². The molecule has 3 aromatic carbocycles. The first-order valence-corrected chi connectivity index (χ1v) is 11.2. The van der Waals surface area contributed by atoms with Crippen molar-refractivity contribution < 1.29 is 14.4 Å². The molecule has 3 aromatic rings. The molecule has 7 heteroatoms. The number of rotatable bonds is 5. The normalized spacial score (nSPS) is 16.4. The van der Waals surface area contributed by atoms with Gasteiger partial charge in [-0.3, -0.25) is 14.4 Å². The third-order valence-electron chi connectivity index (χ3n) is 4.64.